The topological polar surface area (TPSA) is 92.4 Å². The minimum atomic E-state index is -4.65. The third kappa shape index (κ3) is 6.34. The predicted octanol–water partition coefficient (Wildman–Crippen LogP) is 5.05. The normalized spacial score (nSPS) is 11.0. The van der Waals surface area contributed by atoms with Gasteiger partial charge in [-0.3, -0.25) is 9.78 Å². The van der Waals surface area contributed by atoms with Crippen molar-refractivity contribution in [1.29, 1.82) is 0 Å². The highest BCUT2D eigenvalue weighted by atomic mass is 35.5. The summed E-state index contributed by atoms with van der Waals surface area (Å²) in [6.45, 7) is 0. The van der Waals surface area contributed by atoms with E-state index in [4.69, 9.17) is 16.3 Å². The van der Waals surface area contributed by atoms with Gasteiger partial charge in [-0.15, -0.1) is 9.24 Å². The Hall–Kier alpha value is -3.36. The second-order valence-corrected chi connectivity index (χ2v) is 7.61. The molecular weight excluding hydrogens is 480 g/mol. The molecule has 0 aliphatic heterocycles. The third-order valence-electron chi connectivity index (χ3n) is 4.23. The maximum Gasteiger partial charge on any atom is 0.417 e. The number of urea groups is 1. The van der Waals surface area contributed by atoms with E-state index in [1.165, 1.54) is 25.4 Å². The first-order valence-electron chi connectivity index (χ1n) is 9.27. The van der Waals surface area contributed by atoms with Gasteiger partial charge in [-0.1, -0.05) is 11.6 Å². The molecule has 33 heavy (non-hydrogen) atoms. The van der Waals surface area contributed by atoms with Crippen molar-refractivity contribution in [2.24, 2.45) is 0 Å². The number of halogens is 4. The molecule has 0 bridgehead atoms. The fraction of sp³-hybridized carbons (Fsp3) is 0.0952. The number of carbonyl (C=O) groups is 2. The van der Waals surface area contributed by atoms with E-state index < -0.39 is 22.8 Å². The van der Waals surface area contributed by atoms with Crippen LogP contribution in [0.5, 0.6) is 11.5 Å². The van der Waals surface area contributed by atoms with E-state index in [1.54, 1.807) is 24.3 Å². The smallest absolute Gasteiger partial charge is 0.417 e. The molecule has 3 N–H and O–H groups in total. The number of hydrogen-bond donors (Lipinski definition) is 3. The predicted molar refractivity (Wildman–Crippen MR) is 123 cm³/mol. The average molecular weight is 497 g/mol. The second kappa shape index (κ2) is 10.1. The standard InChI is InChI=1S/C21H17ClF3N4O3P/c1-26-19(30)17-9-13(6-7-27-17)32-12-3-5-16(18(33)10-12)29-20(31)28-11-2-4-15(22)14(8-11)21(23,24)25/h2-10H,33H2,1H3,(H,26,30)(H2,28,29,31). The molecule has 3 rings (SSSR count). The highest BCUT2D eigenvalue weighted by Crippen LogP contribution is 2.36. The summed E-state index contributed by atoms with van der Waals surface area (Å²) in [7, 11) is 3.91. The molecule has 1 atom stereocenters. The first-order valence-corrected chi connectivity index (χ1v) is 10.2. The summed E-state index contributed by atoms with van der Waals surface area (Å²) >= 11 is 5.59. The van der Waals surface area contributed by atoms with E-state index in [1.807, 2.05) is 0 Å². The van der Waals surface area contributed by atoms with E-state index in [0.29, 0.717) is 22.5 Å². The second-order valence-electron chi connectivity index (χ2n) is 6.58. The lowest BCUT2D eigenvalue weighted by Gasteiger charge is -2.14. The molecule has 1 heterocycles. The molecule has 0 saturated carbocycles. The van der Waals surface area contributed by atoms with Crippen molar-refractivity contribution < 1.29 is 27.5 Å². The van der Waals surface area contributed by atoms with Crippen LogP contribution in [0.2, 0.25) is 5.02 Å². The van der Waals surface area contributed by atoms with Crippen LogP contribution < -0.4 is 26.0 Å². The molecule has 172 valence electrons. The van der Waals surface area contributed by atoms with Crippen LogP contribution in [0.3, 0.4) is 0 Å². The van der Waals surface area contributed by atoms with Crippen LogP contribution in [0.25, 0.3) is 0 Å². The molecule has 7 nitrogen and oxygen atoms in total. The Morgan fingerprint density at radius 1 is 1.03 bits per heavy atom. The highest BCUT2D eigenvalue weighted by molar-refractivity contribution is 7.28. The number of ether oxygens (including phenoxy) is 1. The molecule has 0 aliphatic rings. The van der Waals surface area contributed by atoms with Crippen LogP contribution in [0.4, 0.5) is 29.3 Å². The van der Waals surface area contributed by atoms with Gasteiger partial charge in [-0.25, -0.2) is 4.79 Å². The number of aromatic nitrogens is 1. The fourth-order valence-electron chi connectivity index (χ4n) is 2.69. The van der Waals surface area contributed by atoms with Gasteiger partial charge in [-0.2, -0.15) is 13.2 Å². The fourth-order valence-corrected chi connectivity index (χ4v) is 3.24. The van der Waals surface area contributed by atoms with Crippen molar-refractivity contribution in [3.05, 3.63) is 71.0 Å². The lowest BCUT2D eigenvalue weighted by molar-refractivity contribution is -0.137. The van der Waals surface area contributed by atoms with Gasteiger partial charge in [0.25, 0.3) is 5.91 Å². The van der Waals surface area contributed by atoms with Gasteiger partial charge in [-0.05, 0) is 47.8 Å². The molecule has 1 unspecified atom stereocenters. The van der Waals surface area contributed by atoms with Crippen molar-refractivity contribution in [3.63, 3.8) is 0 Å². The monoisotopic (exact) mass is 496 g/mol. The van der Waals surface area contributed by atoms with Gasteiger partial charge in [0.05, 0.1) is 10.6 Å². The number of rotatable bonds is 5. The quantitative estimate of drug-likeness (QED) is 0.431. The van der Waals surface area contributed by atoms with Crippen LogP contribution in [0, 0.1) is 0 Å². The zero-order chi connectivity index (χ0) is 24.2. The van der Waals surface area contributed by atoms with Gasteiger partial charge >= 0.3 is 12.2 Å². The summed E-state index contributed by atoms with van der Waals surface area (Å²) < 4.78 is 44.7. The molecule has 0 fully saturated rings. The molecule has 1 aromatic heterocycles. The first-order chi connectivity index (χ1) is 15.6. The minimum Gasteiger partial charge on any atom is -0.457 e. The Morgan fingerprint density at radius 2 is 1.76 bits per heavy atom. The molecule has 0 spiro atoms. The molecular formula is C21H17ClF3N4O3P. The first kappa shape index (κ1) is 24.3. The van der Waals surface area contributed by atoms with Crippen LogP contribution in [-0.4, -0.2) is 24.0 Å². The Labute approximate surface area is 193 Å². The van der Waals surface area contributed by atoms with Crippen molar-refractivity contribution in [2.45, 2.75) is 6.18 Å². The van der Waals surface area contributed by atoms with E-state index in [0.717, 1.165) is 12.1 Å². The average Bonchev–Trinajstić information content (AvgIpc) is 2.76. The van der Waals surface area contributed by atoms with Crippen LogP contribution in [-0.2, 0) is 6.18 Å². The van der Waals surface area contributed by atoms with Gasteiger partial charge in [0.15, 0.2) is 0 Å². The number of benzene rings is 2. The summed E-state index contributed by atoms with van der Waals surface area (Å²) in [6.07, 6.45) is -3.22. The third-order valence-corrected chi connectivity index (χ3v) is 5.03. The van der Waals surface area contributed by atoms with E-state index in [9.17, 15) is 22.8 Å². The van der Waals surface area contributed by atoms with Gasteiger partial charge in [0.2, 0.25) is 0 Å². The lowest BCUT2D eigenvalue weighted by Crippen LogP contribution is -2.22. The summed E-state index contributed by atoms with van der Waals surface area (Å²) in [5, 5.41) is 7.45. The number of nitrogens with one attached hydrogen (secondary N) is 3. The van der Waals surface area contributed by atoms with Crippen molar-refractivity contribution in [1.82, 2.24) is 10.3 Å². The molecule has 0 saturated heterocycles. The molecule has 3 amide bonds. The summed E-state index contributed by atoms with van der Waals surface area (Å²) in [5.74, 6) is 0.447. The number of hydrogen-bond acceptors (Lipinski definition) is 4. The Balaban J connectivity index is 1.68. The Kier molecular flexibility index (Phi) is 7.40. The van der Waals surface area contributed by atoms with Crippen LogP contribution >= 0.6 is 20.8 Å². The zero-order valence-electron chi connectivity index (χ0n) is 17.0. The van der Waals surface area contributed by atoms with Crippen LogP contribution in [0.1, 0.15) is 16.1 Å². The minimum absolute atomic E-state index is 0.0703. The van der Waals surface area contributed by atoms with Crippen molar-refractivity contribution >= 4 is 49.5 Å². The molecule has 0 aliphatic carbocycles. The lowest BCUT2D eigenvalue weighted by atomic mass is 10.2. The van der Waals surface area contributed by atoms with E-state index >= 15 is 0 Å². The number of pyridine rings is 1. The molecule has 2 aromatic carbocycles. The number of nitrogens with zero attached hydrogens (tertiary/aromatic N) is 1. The van der Waals surface area contributed by atoms with E-state index in [-0.39, 0.29) is 17.3 Å². The van der Waals surface area contributed by atoms with Gasteiger partial charge < -0.3 is 20.7 Å². The highest BCUT2D eigenvalue weighted by Gasteiger charge is 2.33. The molecule has 3 aromatic rings. The Bertz CT molecular complexity index is 1210. The summed E-state index contributed by atoms with van der Waals surface area (Å²) in [5.41, 5.74) is -0.549. The Morgan fingerprint density at radius 3 is 2.42 bits per heavy atom. The van der Waals surface area contributed by atoms with E-state index in [2.05, 4.69) is 30.2 Å². The van der Waals surface area contributed by atoms with Crippen LogP contribution in [0.15, 0.2) is 54.7 Å². The van der Waals surface area contributed by atoms with Crippen molar-refractivity contribution in [3.8, 4) is 11.5 Å². The largest absolute Gasteiger partial charge is 0.457 e. The van der Waals surface area contributed by atoms with Gasteiger partial charge in [0.1, 0.15) is 17.2 Å². The maximum atomic E-state index is 13.0. The maximum absolute atomic E-state index is 13.0. The zero-order valence-corrected chi connectivity index (χ0v) is 18.9. The number of amides is 3. The number of alkyl halides is 3. The number of carbonyl (C=O) groups excluding carboxylic acids is 2. The SMILES string of the molecule is CNC(=O)c1cc(Oc2ccc(NC(=O)Nc3ccc(Cl)c(C(F)(F)F)c3)c(P)c2)ccn1. The molecule has 12 heteroatoms. The summed E-state index contributed by atoms with van der Waals surface area (Å²) in [6, 6.07) is 10.1. The van der Waals surface area contributed by atoms with Crippen molar-refractivity contribution in [2.75, 3.05) is 17.7 Å². The summed E-state index contributed by atoms with van der Waals surface area (Å²) in [4.78, 5) is 27.9. The molecule has 0 radical (unpaired) electrons. The number of anilines is 2. The van der Waals surface area contributed by atoms with Gasteiger partial charge in [0, 0.05) is 30.7 Å².